The number of nitrogens with zero attached hydrogens (tertiary/aromatic N) is 2. The maximum absolute atomic E-state index is 12.8. The first-order chi connectivity index (χ1) is 13.6. The van der Waals surface area contributed by atoms with Crippen LogP contribution in [0.1, 0.15) is 28.8 Å². The highest BCUT2D eigenvalue weighted by atomic mass is 16.5. The summed E-state index contributed by atoms with van der Waals surface area (Å²) >= 11 is 0. The van der Waals surface area contributed by atoms with Crippen molar-refractivity contribution in [3.63, 3.8) is 0 Å². The molecule has 1 fully saturated rings. The Labute approximate surface area is 166 Å². The third-order valence-corrected chi connectivity index (χ3v) is 5.44. The van der Waals surface area contributed by atoms with Crippen LogP contribution in [-0.2, 0) is 11.2 Å². The molecule has 0 aliphatic carbocycles. The summed E-state index contributed by atoms with van der Waals surface area (Å²) in [7, 11) is 3.53. The van der Waals surface area contributed by atoms with Gasteiger partial charge in [-0.3, -0.25) is 9.59 Å². The third kappa shape index (κ3) is 4.71. The van der Waals surface area contributed by atoms with Gasteiger partial charge in [0.1, 0.15) is 5.75 Å². The van der Waals surface area contributed by atoms with E-state index in [0.717, 1.165) is 30.6 Å². The number of piperidine rings is 1. The molecule has 5 nitrogen and oxygen atoms in total. The number of likely N-dealkylation sites (tertiary alicyclic amines) is 1. The van der Waals surface area contributed by atoms with Crippen molar-refractivity contribution in [3.05, 3.63) is 65.7 Å². The van der Waals surface area contributed by atoms with E-state index in [1.807, 2.05) is 71.4 Å². The molecule has 28 heavy (non-hydrogen) atoms. The van der Waals surface area contributed by atoms with Crippen LogP contribution in [-0.4, -0.2) is 55.4 Å². The summed E-state index contributed by atoms with van der Waals surface area (Å²) in [4.78, 5) is 29.0. The van der Waals surface area contributed by atoms with Crippen molar-refractivity contribution in [2.24, 2.45) is 5.92 Å². The molecule has 1 saturated heterocycles. The molecule has 1 aliphatic heterocycles. The molecule has 2 amide bonds. The number of rotatable bonds is 6. The molecular weight excluding hydrogens is 352 g/mol. The fourth-order valence-electron chi connectivity index (χ4n) is 3.71. The van der Waals surface area contributed by atoms with Crippen molar-refractivity contribution < 1.29 is 14.3 Å². The van der Waals surface area contributed by atoms with Crippen molar-refractivity contribution in [2.75, 3.05) is 33.8 Å². The van der Waals surface area contributed by atoms with E-state index >= 15 is 0 Å². The van der Waals surface area contributed by atoms with Crippen molar-refractivity contribution in [2.45, 2.75) is 19.3 Å². The van der Waals surface area contributed by atoms with Gasteiger partial charge in [-0.2, -0.15) is 0 Å². The van der Waals surface area contributed by atoms with Gasteiger partial charge in [0.2, 0.25) is 5.91 Å². The molecule has 5 heteroatoms. The van der Waals surface area contributed by atoms with E-state index in [1.165, 1.54) is 0 Å². The topological polar surface area (TPSA) is 49.9 Å². The van der Waals surface area contributed by atoms with Crippen LogP contribution in [0, 0.1) is 5.92 Å². The normalized spacial score (nSPS) is 14.6. The number of amides is 2. The maximum atomic E-state index is 12.8. The SMILES string of the molecule is COc1ccccc1CCN(C)C(=O)C1CCN(C(=O)c2ccccc2)CC1. The molecule has 0 aromatic heterocycles. The van der Waals surface area contributed by atoms with Gasteiger partial charge < -0.3 is 14.5 Å². The lowest BCUT2D eigenvalue weighted by Gasteiger charge is -2.33. The second kappa shape index (κ2) is 9.40. The molecule has 1 heterocycles. The average molecular weight is 380 g/mol. The van der Waals surface area contributed by atoms with Crippen LogP contribution in [0.3, 0.4) is 0 Å². The largest absolute Gasteiger partial charge is 0.496 e. The zero-order valence-electron chi connectivity index (χ0n) is 16.6. The Bertz CT molecular complexity index is 799. The van der Waals surface area contributed by atoms with Crippen LogP contribution in [0.4, 0.5) is 0 Å². The molecule has 0 spiro atoms. The number of likely N-dealkylation sites (N-methyl/N-ethyl adjacent to an activating group) is 1. The smallest absolute Gasteiger partial charge is 0.253 e. The van der Waals surface area contributed by atoms with Gasteiger partial charge in [-0.1, -0.05) is 36.4 Å². The summed E-state index contributed by atoms with van der Waals surface area (Å²) in [6.07, 6.45) is 2.20. The van der Waals surface area contributed by atoms with Gasteiger partial charge in [0.05, 0.1) is 7.11 Å². The zero-order chi connectivity index (χ0) is 19.9. The number of carbonyl (C=O) groups excluding carboxylic acids is 2. The number of methoxy groups -OCH3 is 1. The Morgan fingerprint density at radius 2 is 1.68 bits per heavy atom. The molecule has 0 atom stereocenters. The maximum Gasteiger partial charge on any atom is 0.253 e. The summed E-state index contributed by atoms with van der Waals surface area (Å²) in [6.45, 7) is 1.91. The predicted molar refractivity (Wildman–Crippen MR) is 109 cm³/mol. The van der Waals surface area contributed by atoms with E-state index in [0.29, 0.717) is 25.2 Å². The van der Waals surface area contributed by atoms with Crippen LogP contribution in [0.15, 0.2) is 54.6 Å². The van der Waals surface area contributed by atoms with E-state index in [4.69, 9.17) is 4.74 Å². The third-order valence-electron chi connectivity index (χ3n) is 5.44. The zero-order valence-corrected chi connectivity index (χ0v) is 16.6. The summed E-state index contributed by atoms with van der Waals surface area (Å²) in [5.74, 6) is 1.07. The summed E-state index contributed by atoms with van der Waals surface area (Å²) in [6, 6.07) is 17.2. The Hall–Kier alpha value is -2.82. The highest BCUT2D eigenvalue weighted by Crippen LogP contribution is 2.22. The highest BCUT2D eigenvalue weighted by Gasteiger charge is 2.29. The van der Waals surface area contributed by atoms with E-state index in [9.17, 15) is 9.59 Å². The van der Waals surface area contributed by atoms with Gasteiger partial charge in [0.15, 0.2) is 0 Å². The van der Waals surface area contributed by atoms with E-state index < -0.39 is 0 Å². The molecule has 1 aliphatic rings. The van der Waals surface area contributed by atoms with Crippen LogP contribution in [0.2, 0.25) is 0 Å². The fraction of sp³-hybridized carbons (Fsp3) is 0.391. The minimum atomic E-state index is -0.0116. The van der Waals surface area contributed by atoms with Gasteiger partial charge in [-0.25, -0.2) is 0 Å². The van der Waals surface area contributed by atoms with Crippen molar-refractivity contribution in [1.29, 1.82) is 0 Å². The van der Waals surface area contributed by atoms with Crippen LogP contribution >= 0.6 is 0 Å². The first kappa shape index (κ1) is 19.9. The molecule has 148 valence electrons. The van der Waals surface area contributed by atoms with E-state index in [1.54, 1.807) is 7.11 Å². The molecule has 0 saturated carbocycles. The summed E-state index contributed by atoms with van der Waals surface area (Å²) in [5.41, 5.74) is 1.81. The number of ether oxygens (including phenoxy) is 1. The Morgan fingerprint density at radius 3 is 2.36 bits per heavy atom. The predicted octanol–water partition coefficient (Wildman–Crippen LogP) is 3.25. The Balaban J connectivity index is 1.50. The standard InChI is InChI=1S/C23H28N2O3/c1-24(15-12-18-8-6-7-11-21(18)28-2)22(26)20-13-16-25(17-14-20)23(27)19-9-4-3-5-10-19/h3-11,20H,12-17H2,1-2H3. The molecule has 0 radical (unpaired) electrons. The quantitative estimate of drug-likeness (QED) is 0.773. The second-order valence-electron chi connectivity index (χ2n) is 7.25. The van der Waals surface area contributed by atoms with Crippen molar-refractivity contribution in [3.8, 4) is 5.75 Å². The lowest BCUT2D eigenvalue weighted by Crippen LogP contribution is -2.43. The second-order valence-corrected chi connectivity index (χ2v) is 7.25. The van der Waals surface area contributed by atoms with Gasteiger partial charge >= 0.3 is 0 Å². The van der Waals surface area contributed by atoms with E-state index in [2.05, 4.69) is 0 Å². The first-order valence-corrected chi connectivity index (χ1v) is 9.81. The van der Waals surface area contributed by atoms with Gasteiger partial charge in [0, 0.05) is 38.2 Å². The number of carbonyl (C=O) groups is 2. The summed E-state index contributed by atoms with van der Waals surface area (Å²) < 4.78 is 5.38. The Kier molecular flexibility index (Phi) is 6.69. The first-order valence-electron chi connectivity index (χ1n) is 9.81. The molecular formula is C23H28N2O3. The van der Waals surface area contributed by atoms with Crippen LogP contribution < -0.4 is 4.74 Å². The molecule has 3 rings (SSSR count). The van der Waals surface area contributed by atoms with Gasteiger partial charge in [-0.15, -0.1) is 0 Å². The average Bonchev–Trinajstić information content (AvgIpc) is 2.77. The molecule has 2 aromatic rings. The van der Waals surface area contributed by atoms with Crippen molar-refractivity contribution >= 4 is 11.8 Å². The summed E-state index contributed by atoms with van der Waals surface area (Å²) in [5, 5.41) is 0. The molecule has 0 unspecified atom stereocenters. The minimum Gasteiger partial charge on any atom is -0.496 e. The number of benzene rings is 2. The van der Waals surface area contributed by atoms with Crippen molar-refractivity contribution in [1.82, 2.24) is 9.80 Å². The van der Waals surface area contributed by atoms with E-state index in [-0.39, 0.29) is 17.7 Å². The number of para-hydroxylation sites is 1. The van der Waals surface area contributed by atoms with Crippen LogP contribution in [0.25, 0.3) is 0 Å². The lowest BCUT2D eigenvalue weighted by molar-refractivity contribution is -0.135. The van der Waals surface area contributed by atoms with Gasteiger partial charge in [0.25, 0.3) is 5.91 Å². The lowest BCUT2D eigenvalue weighted by atomic mass is 9.94. The molecule has 0 bridgehead atoms. The van der Waals surface area contributed by atoms with Crippen LogP contribution in [0.5, 0.6) is 5.75 Å². The molecule has 2 aromatic carbocycles. The fourth-order valence-corrected chi connectivity index (χ4v) is 3.71. The number of hydrogen-bond acceptors (Lipinski definition) is 3. The minimum absolute atomic E-state index is 0.0116. The monoisotopic (exact) mass is 380 g/mol. The number of hydrogen-bond donors (Lipinski definition) is 0. The molecule has 0 N–H and O–H groups in total. The highest BCUT2D eigenvalue weighted by molar-refractivity contribution is 5.94. The Morgan fingerprint density at radius 1 is 1.04 bits per heavy atom. The van der Waals surface area contributed by atoms with Gasteiger partial charge in [-0.05, 0) is 43.0 Å².